The van der Waals surface area contributed by atoms with Crippen molar-refractivity contribution in [1.29, 1.82) is 0 Å². The van der Waals surface area contributed by atoms with Crippen LogP contribution < -0.4 is 0 Å². The summed E-state index contributed by atoms with van der Waals surface area (Å²) in [5.41, 5.74) is 2.79. The van der Waals surface area contributed by atoms with E-state index in [-0.39, 0.29) is 21.7 Å². The van der Waals surface area contributed by atoms with Gasteiger partial charge in [0.05, 0.1) is 0 Å². The summed E-state index contributed by atoms with van der Waals surface area (Å²) in [5.74, 6) is 0. The number of rotatable bonds is 2. The number of thiophene rings is 2. The molecular formula is C22H24S2Ti. The van der Waals surface area contributed by atoms with Gasteiger partial charge in [0, 0.05) is 0 Å². The van der Waals surface area contributed by atoms with Crippen molar-refractivity contribution >= 4 is 22.7 Å². The maximum atomic E-state index is 3.02. The van der Waals surface area contributed by atoms with Crippen LogP contribution in [0, 0.1) is 22.9 Å². The second-order valence-corrected chi connectivity index (χ2v) is 6.27. The van der Waals surface area contributed by atoms with Gasteiger partial charge >= 0.3 is 21.7 Å². The zero-order valence-corrected chi connectivity index (χ0v) is 18.1. The van der Waals surface area contributed by atoms with Crippen LogP contribution in [0.4, 0.5) is 0 Å². The molecule has 0 nitrogen and oxygen atoms in total. The van der Waals surface area contributed by atoms with Gasteiger partial charge in [-0.05, 0) is 0 Å². The summed E-state index contributed by atoms with van der Waals surface area (Å²) in [7, 11) is 0. The first-order valence-corrected chi connectivity index (χ1v) is 9.93. The first-order chi connectivity index (χ1) is 11.9. The van der Waals surface area contributed by atoms with Crippen molar-refractivity contribution < 1.29 is 21.7 Å². The maximum Gasteiger partial charge on any atom is 4.00 e. The second-order valence-electron chi connectivity index (χ2n) is 4.86. The van der Waals surface area contributed by atoms with Crippen molar-refractivity contribution in [1.82, 2.24) is 0 Å². The molecule has 128 valence electrons. The van der Waals surface area contributed by atoms with Gasteiger partial charge < -0.3 is 22.7 Å². The summed E-state index contributed by atoms with van der Waals surface area (Å²) < 4.78 is 0. The molecule has 0 radical (unpaired) electrons. The molecule has 0 amide bonds. The Kier molecular flexibility index (Phi) is 17.2. The molecule has 0 spiro atoms. The van der Waals surface area contributed by atoms with Gasteiger partial charge in [-0.15, -0.1) is 23.6 Å². The van der Waals surface area contributed by atoms with Crippen molar-refractivity contribution in [3.05, 3.63) is 93.4 Å². The zero-order valence-electron chi connectivity index (χ0n) is 14.9. The van der Waals surface area contributed by atoms with Crippen molar-refractivity contribution in [2.45, 2.75) is 39.5 Å². The van der Waals surface area contributed by atoms with Crippen LogP contribution >= 0.6 is 22.7 Å². The molecule has 0 N–H and O–H groups in total. The Morgan fingerprint density at radius 3 is 1.36 bits per heavy atom. The molecule has 0 saturated carbocycles. The van der Waals surface area contributed by atoms with E-state index >= 15 is 0 Å². The molecule has 0 fully saturated rings. The van der Waals surface area contributed by atoms with E-state index in [1.165, 1.54) is 11.1 Å². The van der Waals surface area contributed by atoms with Gasteiger partial charge in [-0.25, -0.2) is 24.3 Å². The monoisotopic (exact) mass is 400 g/mol. The molecule has 3 heteroatoms. The van der Waals surface area contributed by atoms with Crippen molar-refractivity contribution in [2.24, 2.45) is 0 Å². The molecule has 4 rings (SSSR count). The van der Waals surface area contributed by atoms with Crippen molar-refractivity contribution in [2.75, 3.05) is 0 Å². The quantitative estimate of drug-likeness (QED) is 0.383. The molecule has 0 aromatic carbocycles. The van der Waals surface area contributed by atoms with Crippen LogP contribution in [0.2, 0.25) is 0 Å². The molecule has 25 heavy (non-hydrogen) atoms. The molecule has 0 atom stereocenters. The third-order valence-electron chi connectivity index (χ3n) is 3.03. The summed E-state index contributed by atoms with van der Waals surface area (Å²) in [4.78, 5) is 0. The summed E-state index contributed by atoms with van der Waals surface area (Å²) in [5, 5.41) is 10.3. The fourth-order valence-corrected chi connectivity index (χ4v) is 2.91. The van der Waals surface area contributed by atoms with Gasteiger partial charge in [-0.2, -0.15) is 46.2 Å². The van der Waals surface area contributed by atoms with Crippen LogP contribution in [0.1, 0.15) is 37.8 Å². The summed E-state index contributed by atoms with van der Waals surface area (Å²) in [6.07, 6.45) is 22.3. The first-order valence-electron chi connectivity index (χ1n) is 8.17. The van der Waals surface area contributed by atoms with Crippen LogP contribution in [-0.4, -0.2) is 0 Å². The topological polar surface area (TPSA) is 0 Å². The minimum absolute atomic E-state index is 0. The van der Waals surface area contributed by atoms with Crippen molar-refractivity contribution in [3.8, 4) is 0 Å². The minimum Gasteiger partial charge on any atom is -0.304 e. The van der Waals surface area contributed by atoms with Gasteiger partial charge in [0.1, 0.15) is 0 Å². The summed E-state index contributed by atoms with van der Waals surface area (Å²) in [6.45, 7) is 4.30. The SMILES string of the molecule is CCc1c[c-]sc1.CCc1c[c-]sc1.[C-]1=CC=CC1.[C-]1=CC=CC1.[Ti+4]. The summed E-state index contributed by atoms with van der Waals surface area (Å²) >= 11 is 3.28. The Labute approximate surface area is 176 Å². The summed E-state index contributed by atoms with van der Waals surface area (Å²) in [6, 6.07) is 4.06. The van der Waals surface area contributed by atoms with Gasteiger partial charge in [0.25, 0.3) is 0 Å². The van der Waals surface area contributed by atoms with Gasteiger partial charge in [-0.1, -0.05) is 26.7 Å². The second kappa shape index (κ2) is 17.9. The van der Waals surface area contributed by atoms with E-state index < -0.39 is 0 Å². The number of aryl methyl sites for hydroxylation is 2. The Hall–Kier alpha value is -0.926. The van der Waals surface area contributed by atoms with Crippen LogP contribution in [0.15, 0.2) is 59.3 Å². The van der Waals surface area contributed by atoms with Crippen LogP contribution in [0.25, 0.3) is 0 Å². The third-order valence-corrected chi connectivity index (χ3v) is 4.38. The van der Waals surface area contributed by atoms with E-state index in [2.05, 4.69) is 59.7 Å². The van der Waals surface area contributed by atoms with E-state index in [1.807, 2.05) is 36.4 Å². The smallest absolute Gasteiger partial charge is 0.304 e. The molecule has 2 heterocycles. The minimum atomic E-state index is 0. The maximum absolute atomic E-state index is 3.02. The van der Waals surface area contributed by atoms with E-state index in [1.54, 1.807) is 22.7 Å². The Balaban J connectivity index is 0.000000307. The average molecular weight is 400 g/mol. The van der Waals surface area contributed by atoms with E-state index in [9.17, 15) is 0 Å². The number of hydrogen-bond donors (Lipinski definition) is 0. The molecule has 0 saturated heterocycles. The molecule has 0 unspecified atom stereocenters. The predicted octanol–water partition coefficient (Wildman–Crippen LogP) is 6.83. The Bertz CT molecular complexity index is 526. The van der Waals surface area contributed by atoms with Crippen molar-refractivity contribution in [3.63, 3.8) is 0 Å². The van der Waals surface area contributed by atoms with Crippen LogP contribution in [0.5, 0.6) is 0 Å². The average Bonchev–Trinajstić information content (AvgIpc) is 3.46. The molecule has 2 aromatic heterocycles. The number of allylic oxidation sites excluding steroid dienone is 8. The Morgan fingerprint density at radius 2 is 1.24 bits per heavy atom. The standard InChI is InChI=1S/2C6H7S.2C5H5.Ti/c2*1-2-6-3-4-7-5-6;2*1-2-4-5-3-1;/h2*3,5H,2H2,1H3;2*1-3H,4H2;/q4*-1;+4. The Morgan fingerprint density at radius 1 is 0.800 bits per heavy atom. The fraction of sp³-hybridized carbons (Fsp3) is 0.273. The molecule has 0 aliphatic heterocycles. The van der Waals surface area contributed by atoms with Gasteiger partial charge in [0.2, 0.25) is 0 Å². The fourth-order valence-electron chi connectivity index (χ4n) is 1.56. The van der Waals surface area contributed by atoms with Gasteiger partial charge in [-0.3, -0.25) is 12.2 Å². The van der Waals surface area contributed by atoms with E-state index in [4.69, 9.17) is 0 Å². The van der Waals surface area contributed by atoms with E-state index in [0.717, 1.165) is 25.7 Å². The van der Waals surface area contributed by atoms with Crippen LogP contribution in [0.3, 0.4) is 0 Å². The molecule has 2 aromatic rings. The molecule has 2 aliphatic carbocycles. The molecular weight excluding hydrogens is 376 g/mol. The third kappa shape index (κ3) is 14.0. The predicted molar refractivity (Wildman–Crippen MR) is 108 cm³/mol. The van der Waals surface area contributed by atoms with Crippen LogP contribution in [-0.2, 0) is 34.6 Å². The molecule has 0 bridgehead atoms. The zero-order chi connectivity index (χ0) is 17.3. The first kappa shape index (κ1) is 24.1. The largest absolute Gasteiger partial charge is 4.00 e. The number of hydrogen-bond acceptors (Lipinski definition) is 2. The molecule has 2 aliphatic rings. The normalized spacial score (nSPS) is 12.2. The van der Waals surface area contributed by atoms with Gasteiger partial charge in [0.15, 0.2) is 0 Å². The van der Waals surface area contributed by atoms with E-state index in [0.29, 0.717) is 0 Å².